The van der Waals surface area contributed by atoms with E-state index in [-0.39, 0.29) is 0 Å². The van der Waals surface area contributed by atoms with Gasteiger partial charge in [0.1, 0.15) is 12.4 Å². The predicted octanol–water partition coefficient (Wildman–Crippen LogP) is 4.02. The van der Waals surface area contributed by atoms with Gasteiger partial charge in [-0.05, 0) is 56.5 Å². The minimum atomic E-state index is 0.605. The third-order valence-electron chi connectivity index (χ3n) is 3.42. The molecule has 0 spiro atoms. The van der Waals surface area contributed by atoms with Crippen LogP contribution in [0.1, 0.15) is 32.0 Å². The molecule has 0 saturated heterocycles. The first-order valence-electron chi connectivity index (χ1n) is 6.50. The fourth-order valence-corrected chi connectivity index (χ4v) is 3.06. The first kappa shape index (κ1) is 14.1. The normalized spacial score (nSPS) is 10.8. The van der Waals surface area contributed by atoms with Gasteiger partial charge in [0, 0.05) is 21.9 Å². The molecule has 1 heterocycles. The number of hydrogen-bond donors (Lipinski definition) is 1. The molecule has 0 radical (unpaired) electrons. The summed E-state index contributed by atoms with van der Waals surface area (Å²) in [5, 5.41) is 0. The minimum absolute atomic E-state index is 0.605. The zero-order valence-electron chi connectivity index (χ0n) is 12.0. The van der Waals surface area contributed by atoms with E-state index in [0.717, 1.165) is 5.75 Å². The third kappa shape index (κ3) is 3.17. The molecule has 0 aliphatic carbocycles. The average Bonchev–Trinajstić information content (AvgIpc) is 2.73. The molecule has 0 atom stereocenters. The highest BCUT2D eigenvalue weighted by atomic mass is 32.1. The average molecular weight is 275 g/mol. The van der Waals surface area contributed by atoms with E-state index >= 15 is 0 Å². The molecule has 0 fully saturated rings. The maximum Gasteiger partial charge on any atom is 0.123 e. The van der Waals surface area contributed by atoms with E-state index in [1.54, 1.807) is 11.3 Å². The molecule has 0 unspecified atom stereocenters. The minimum Gasteiger partial charge on any atom is -0.489 e. The quantitative estimate of drug-likeness (QED) is 0.914. The second-order valence-corrected chi connectivity index (χ2v) is 6.33. The van der Waals surface area contributed by atoms with Crippen molar-refractivity contribution in [1.82, 2.24) is 0 Å². The molecular weight excluding hydrogens is 254 g/mol. The number of hydrogen-bond acceptors (Lipinski definition) is 3. The summed E-state index contributed by atoms with van der Waals surface area (Å²) in [6.07, 6.45) is 0. The van der Waals surface area contributed by atoms with Crippen LogP contribution in [0, 0.1) is 27.7 Å². The lowest BCUT2D eigenvalue weighted by Gasteiger charge is -2.12. The second-order valence-electron chi connectivity index (χ2n) is 4.99. The van der Waals surface area contributed by atoms with Crippen molar-refractivity contribution in [3.63, 3.8) is 0 Å². The highest BCUT2D eigenvalue weighted by Crippen LogP contribution is 2.26. The van der Waals surface area contributed by atoms with Crippen molar-refractivity contribution in [2.75, 3.05) is 0 Å². The number of nitrogens with two attached hydrogens (primary N) is 1. The fraction of sp³-hybridized carbons (Fsp3) is 0.375. The van der Waals surface area contributed by atoms with E-state index in [1.165, 1.54) is 32.0 Å². The van der Waals surface area contributed by atoms with Crippen LogP contribution in [0.4, 0.5) is 0 Å². The topological polar surface area (TPSA) is 35.2 Å². The summed E-state index contributed by atoms with van der Waals surface area (Å²) in [6.45, 7) is 9.67. The van der Waals surface area contributed by atoms with E-state index < -0.39 is 0 Å². The summed E-state index contributed by atoms with van der Waals surface area (Å²) in [7, 11) is 0. The zero-order valence-corrected chi connectivity index (χ0v) is 12.9. The van der Waals surface area contributed by atoms with E-state index in [1.807, 2.05) is 0 Å². The molecule has 102 valence electrons. The second kappa shape index (κ2) is 5.76. The van der Waals surface area contributed by atoms with Gasteiger partial charge in [0.25, 0.3) is 0 Å². The Bertz CT molecular complexity index is 587. The van der Waals surface area contributed by atoms with Crippen LogP contribution in [-0.4, -0.2) is 0 Å². The Morgan fingerprint density at radius 2 is 1.84 bits per heavy atom. The van der Waals surface area contributed by atoms with Crippen molar-refractivity contribution < 1.29 is 4.74 Å². The molecule has 0 amide bonds. The van der Waals surface area contributed by atoms with Gasteiger partial charge in [0.05, 0.1) is 0 Å². The van der Waals surface area contributed by atoms with Crippen LogP contribution in [0.25, 0.3) is 0 Å². The third-order valence-corrected chi connectivity index (χ3v) is 4.54. The van der Waals surface area contributed by atoms with Gasteiger partial charge in [-0.1, -0.05) is 6.07 Å². The van der Waals surface area contributed by atoms with Crippen LogP contribution >= 0.6 is 11.3 Å². The maximum atomic E-state index is 5.99. The Labute approximate surface area is 119 Å². The molecule has 3 heteroatoms. The fourth-order valence-electron chi connectivity index (χ4n) is 2.14. The molecule has 2 N–H and O–H groups in total. The van der Waals surface area contributed by atoms with Gasteiger partial charge in [-0.2, -0.15) is 0 Å². The van der Waals surface area contributed by atoms with E-state index in [0.29, 0.717) is 13.2 Å². The summed E-state index contributed by atoms with van der Waals surface area (Å²) >= 11 is 1.75. The summed E-state index contributed by atoms with van der Waals surface area (Å²) in [4.78, 5) is 2.51. The summed E-state index contributed by atoms with van der Waals surface area (Å²) in [6, 6.07) is 6.44. The van der Waals surface area contributed by atoms with Crippen LogP contribution in [0.2, 0.25) is 0 Å². The van der Waals surface area contributed by atoms with Crippen LogP contribution in [0.5, 0.6) is 5.75 Å². The van der Waals surface area contributed by atoms with Gasteiger partial charge in [-0.3, -0.25) is 0 Å². The SMILES string of the molecule is Cc1cc(C)c(C)c(OCc2cc(CN)sc2C)c1. The van der Waals surface area contributed by atoms with Gasteiger partial charge in [-0.15, -0.1) is 11.3 Å². The van der Waals surface area contributed by atoms with E-state index in [2.05, 4.69) is 45.9 Å². The Kier molecular flexibility index (Phi) is 4.27. The first-order valence-corrected chi connectivity index (χ1v) is 7.31. The predicted molar refractivity (Wildman–Crippen MR) is 81.9 cm³/mol. The van der Waals surface area contributed by atoms with Crippen molar-refractivity contribution >= 4 is 11.3 Å². The largest absolute Gasteiger partial charge is 0.489 e. The molecule has 0 aliphatic heterocycles. The summed E-state index contributed by atoms with van der Waals surface area (Å²) in [5.41, 5.74) is 10.6. The molecular formula is C16H21NOS. The van der Waals surface area contributed by atoms with Crippen molar-refractivity contribution in [1.29, 1.82) is 0 Å². The lowest BCUT2D eigenvalue weighted by molar-refractivity contribution is 0.303. The number of ether oxygens (including phenoxy) is 1. The first-order chi connectivity index (χ1) is 9.01. The zero-order chi connectivity index (χ0) is 14.0. The van der Waals surface area contributed by atoms with Gasteiger partial charge < -0.3 is 10.5 Å². The molecule has 1 aromatic carbocycles. The van der Waals surface area contributed by atoms with Gasteiger partial charge in [0.15, 0.2) is 0 Å². The molecule has 2 aromatic rings. The maximum absolute atomic E-state index is 5.99. The Morgan fingerprint density at radius 3 is 2.47 bits per heavy atom. The molecule has 2 rings (SSSR count). The smallest absolute Gasteiger partial charge is 0.123 e. The van der Waals surface area contributed by atoms with E-state index in [4.69, 9.17) is 10.5 Å². The monoisotopic (exact) mass is 275 g/mol. The van der Waals surface area contributed by atoms with Crippen molar-refractivity contribution in [2.45, 2.75) is 40.8 Å². The van der Waals surface area contributed by atoms with Crippen molar-refractivity contribution in [2.24, 2.45) is 5.73 Å². The Balaban J connectivity index is 2.16. The molecule has 2 nitrogen and oxygen atoms in total. The highest BCUT2D eigenvalue weighted by molar-refractivity contribution is 7.12. The summed E-state index contributed by atoms with van der Waals surface area (Å²) < 4.78 is 5.99. The number of benzene rings is 1. The summed E-state index contributed by atoms with van der Waals surface area (Å²) in [5.74, 6) is 0.984. The van der Waals surface area contributed by atoms with Crippen molar-refractivity contribution in [3.05, 3.63) is 50.2 Å². The van der Waals surface area contributed by atoms with Crippen LogP contribution in [0.3, 0.4) is 0 Å². The number of thiophene rings is 1. The molecule has 0 saturated carbocycles. The highest BCUT2D eigenvalue weighted by Gasteiger charge is 2.08. The molecule has 19 heavy (non-hydrogen) atoms. The van der Waals surface area contributed by atoms with Crippen LogP contribution in [-0.2, 0) is 13.2 Å². The number of rotatable bonds is 4. The molecule has 0 aliphatic rings. The Morgan fingerprint density at radius 1 is 1.11 bits per heavy atom. The standard InChI is InChI=1S/C16H21NOS/c1-10-5-11(2)12(3)16(6-10)18-9-14-7-15(8-17)19-13(14)4/h5-7H,8-9,17H2,1-4H3. The molecule has 1 aromatic heterocycles. The van der Waals surface area contributed by atoms with Gasteiger partial charge in [-0.25, -0.2) is 0 Å². The van der Waals surface area contributed by atoms with Crippen molar-refractivity contribution in [3.8, 4) is 5.75 Å². The lowest BCUT2D eigenvalue weighted by atomic mass is 10.1. The Hall–Kier alpha value is -1.32. The molecule has 0 bridgehead atoms. The lowest BCUT2D eigenvalue weighted by Crippen LogP contribution is -1.99. The van der Waals surface area contributed by atoms with Gasteiger partial charge >= 0.3 is 0 Å². The van der Waals surface area contributed by atoms with Crippen LogP contribution < -0.4 is 10.5 Å². The number of aryl methyl sites for hydroxylation is 3. The van der Waals surface area contributed by atoms with Crippen LogP contribution in [0.15, 0.2) is 18.2 Å². The van der Waals surface area contributed by atoms with E-state index in [9.17, 15) is 0 Å². The van der Waals surface area contributed by atoms with Gasteiger partial charge in [0.2, 0.25) is 0 Å².